The molecule has 1 aliphatic carbocycles. The number of aryl methyl sites for hydroxylation is 1. The summed E-state index contributed by atoms with van der Waals surface area (Å²) < 4.78 is 1.04. The Bertz CT molecular complexity index is 426. The van der Waals surface area contributed by atoms with Gasteiger partial charge in [-0.25, -0.2) is 0 Å². The zero-order chi connectivity index (χ0) is 12.4. The molecule has 0 saturated heterocycles. The average molecular weight is 296 g/mol. The summed E-state index contributed by atoms with van der Waals surface area (Å²) in [4.78, 5) is 12.0. The summed E-state index contributed by atoms with van der Waals surface area (Å²) >= 11 is 3.44. The van der Waals surface area contributed by atoms with Crippen LogP contribution in [0.5, 0.6) is 0 Å². The lowest BCUT2D eigenvalue weighted by atomic mass is 10.1. The van der Waals surface area contributed by atoms with Crippen LogP contribution in [0.4, 0.5) is 0 Å². The van der Waals surface area contributed by atoms with Gasteiger partial charge in [0.05, 0.1) is 0 Å². The Hall–Kier alpha value is -0.830. The predicted molar refractivity (Wildman–Crippen MR) is 73.1 cm³/mol. The minimum atomic E-state index is 0.0359. The Balaban J connectivity index is 1.95. The summed E-state index contributed by atoms with van der Waals surface area (Å²) in [5.41, 5.74) is 1.83. The normalized spacial score (nSPS) is 16.6. The van der Waals surface area contributed by atoms with Crippen LogP contribution in [0.2, 0.25) is 0 Å². The molecule has 3 heteroatoms. The SMILES string of the molecule is Cc1cc(C(=O)NC(C)CC2CC2)ccc1Br. The first-order valence-corrected chi connectivity index (χ1v) is 6.92. The largest absolute Gasteiger partial charge is 0.350 e. The van der Waals surface area contributed by atoms with Crippen molar-refractivity contribution in [3.63, 3.8) is 0 Å². The highest BCUT2D eigenvalue weighted by Crippen LogP contribution is 2.33. The van der Waals surface area contributed by atoms with E-state index in [0.29, 0.717) is 0 Å². The molecule has 0 aromatic heterocycles. The molecular weight excluding hydrogens is 278 g/mol. The summed E-state index contributed by atoms with van der Waals surface area (Å²) in [5, 5.41) is 3.06. The first kappa shape index (κ1) is 12.6. The summed E-state index contributed by atoms with van der Waals surface area (Å²) in [5.74, 6) is 0.880. The lowest BCUT2D eigenvalue weighted by Gasteiger charge is -2.13. The van der Waals surface area contributed by atoms with Crippen molar-refractivity contribution in [3.05, 3.63) is 33.8 Å². The quantitative estimate of drug-likeness (QED) is 0.902. The van der Waals surface area contributed by atoms with Crippen molar-refractivity contribution in [1.29, 1.82) is 0 Å². The third-order valence-corrected chi connectivity index (χ3v) is 4.07. The van der Waals surface area contributed by atoms with E-state index in [0.717, 1.165) is 27.9 Å². The van der Waals surface area contributed by atoms with Crippen LogP contribution >= 0.6 is 15.9 Å². The van der Waals surface area contributed by atoms with E-state index in [1.807, 2.05) is 25.1 Å². The number of nitrogens with one attached hydrogen (secondary N) is 1. The third-order valence-electron chi connectivity index (χ3n) is 3.18. The molecule has 2 nitrogen and oxygen atoms in total. The maximum absolute atomic E-state index is 12.0. The molecule has 0 radical (unpaired) electrons. The molecule has 2 rings (SSSR count). The van der Waals surface area contributed by atoms with Crippen molar-refractivity contribution >= 4 is 21.8 Å². The van der Waals surface area contributed by atoms with Gasteiger partial charge in [-0.15, -0.1) is 0 Å². The second kappa shape index (κ2) is 5.21. The Morgan fingerprint density at radius 2 is 2.24 bits per heavy atom. The summed E-state index contributed by atoms with van der Waals surface area (Å²) in [7, 11) is 0. The van der Waals surface area contributed by atoms with Gasteiger partial charge in [0.25, 0.3) is 5.91 Å². The minimum absolute atomic E-state index is 0.0359. The van der Waals surface area contributed by atoms with Gasteiger partial charge in [0, 0.05) is 16.1 Å². The monoisotopic (exact) mass is 295 g/mol. The summed E-state index contributed by atoms with van der Waals surface area (Å²) in [6.45, 7) is 4.08. The lowest BCUT2D eigenvalue weighted by Crippen LogP contribution is -2.32. The fourth-order valence-corrected chi connectivity index (χ4v) is 2.25. The van der Waals surface area contributed by atoms with Crippen LogP contribution in [-0.2, 0) is 0 Å². The van der Waals surface area contributed by atoms with E-state index in [4.69, 9.17) is 0 Å². The fraction of sp³-hybridized carbons (Fsp3) is 0.500. The van der Waals surface area contributed by atoms with Crippen molar-refractivity contribution < 1.29 is 4.79 Å². The Morgan fingerprint density at radius 1 is 1.53 bits per heavy atom. The van der Waals surface area contributed by atoms with E-state index in [2.05, 4.69) is 28.2 Å². The Kier molecular flexibility index (Phi) is 3.87. The molecule has 17 heavy (non-hydrogen) atoms. The van der Waals surface area contributed by atoms with Crippen LogP contribution in [0, 0.1) is 12.8 Å². The molecule has 0 heterocycles. The van der Waals surface area contributed by atoms with Gasteiger partial charge >= 0.3 is 0 Å². The fourth-order valence-electron chi connectivity index (χ4n) is 2.01. The van der Waals surface area contributed by atoms with Crippen molar-refractivity contribution in [1.82, 2.24) is 5.32 Å². The van der Waals surface area contributed by atoms with Gasteiger partial charge in [0.1, 0.15) is 0 Å². The highest BCUT2D eigenvalue weighted by molar-refractivity contribution is 9.10. The predicted octanol–water partition coefficient (Wildman–Crippen LogP) is 3.68. The first-order valence-electron chi connectivity index (χ1n) is 6.13. The van der Waals surface area contributed by atoms with Gasteiger partial charge in [0.2, 0.25) is 0 Å². The zero-order valence-corrected chi connectivity index (χ0v) is 11.9. The van der Waals surface area contributed by atoms with Crippen LogP contribution in [0.25, 0.3) is 0 Å². The van der Waals surface area contributed by atoms with Crippen LogP contribution in [0.15, 0.2) is 22.7 Å². The summed E-state index contributed by atoms with van der Waals surface area (Å²) in [6, 6.07) is 5.98. The lowest BCUT2D eigenvalue weighted by molar-refractivity contribution is 0.0937. The molecule has 1 unspecified atom stereocenters. The molecule has 92 valence electrons. The maximum Gasteiger partial charge on any atom is 0.251 e. The molecule has 1 atom stereocenters. The van der Waals surface area contributed by atoms with E-state index in [1.54, 1.807) is 0 Å². The molecule has 1 fully saturated rings. The second-order valence-corrected chi connectivity index (χ2v) is 5.87. The van der Waals surface area contributed by atoms with Gasteiger partial charge in [0.15, 0.2) is 0 Å². The zero-order valence-electron chi connectivity index (χ0n) is 10.3. The van der Waals surface area contributed by atoms with Gasteiger partial charge in [-0.2, -0.15) is 0 Å². The number of amides is 1. The molecular formula is C14H18BrNO. The van der Waals surface area contributed by atoms with E-state index < -0.39 is 0 Å². The van der Waals surface area contributed by atoms with E-state index in [9.17, 15) is 4.79 Å². The second-order valence-electron chi connectivity index (χ2n) is 5.02. The standard InChI is InChI=1S/C14H18BrNO/c1-9-7-12(5-6-13(9)15)14(17)16-10(2)8-11-3-4-11/h5-7,10-11H,3-4,8H2,1-2H3,(H,16,17). The van der Waals surface area contributed by atoms with E-state index in [-0.39, 0.29) is 11.9 Å². The molecule has 0 spiro atoms. The van der Waals surface area contributed by atoms with Crippen molar-refractivity contribution in [3.8, 4) is 0 Å². The van der Waals surface area contributed by atoms with Gasteiger partial charge in [-0.1, -0.05) is 28.8 Å². The molecule has 0 aliphatic heterocycles. The van der Waals surface area contributed by atoms with Crippen LogP contribution < -0.4 is 5.32 Å². The molecule has 1 saturated carbocycles. The molecule has 1 aromatic rings. The Morgan fingerprint density at radius 3 is 2.82 bits per heavy atom. The van der Waals surface area contributed by atoms with Gasteiger partial charge in [-0.3, -0.25) is 4.79 Å². The molecule has 1 aliphatic rings. The smallest absolute Gasteiger partial charge is 0.251 e. The minimum Gasteiger partial charge on any atom is -0.350 e. The van der Waals surface area contributed by atoms with Crippen molar-refractivity contribution in [2.45, 2.75) is 39.2 Å². The summed E-state index contributed by atoms with van der Waals surface area (Å²) in [6.07, 6.45) is 3.77. The van der Waals surface area contributed by atoms with E-state index in [1.165, 1.54) is 12.8 Å². The first-order chi connectivity index (χ1) is 8.06. The molecule has 1 aromatic carbocycles. The van der Waals surface area contributed by atoms with Crippen LogP contribution in [0.1, 0.15) is 42.1 Å². The van der Waals surface area contributed by atoms with Crippen LogP contribution in [-0.4, -0.2) is 11.9 Å². The molecule has 1 N–H and O–H groups in total. The topological polar surface area (TPSA) is 29.1 Å². The Labute approximate surface area is 111 Å². The number of rotatable bonds is 4. The van der Waals surface area contributed by atoms with Crippen molar-refractivity contribution in [2.75, 3.05) is 0 Å². The third kappa shape index (κ3) is 3.56. The number of hydrogen-bond donors (Lipinski definition) is 1. The maximum atomic E-state index is 12.0. The number of halogens is 1. The molecule has 1 amide bonds. The number of carbonyl (C=O) groups excluding carboxylic acids is 1. The molecule has 0 bridgehead atoms. The number of hydrogen-bond acceptors (Lipinski definition) is 1. The van der Waals surface area contributed by atoms with E-state index >= 15 is 0 Å². The van der Waals surface area contributed by atoms with Crippen LogP contribution in [0.3, 0.4) is 0 Å². The average Bonchev–Trinajstić information content (AvgIpc) is 3.05. The number of carbonyl (C=O) groups is 1. The van der Waals surface area contributed by atoms with Gasteiger partial charge < -0.3 is 5.32 Å². The van der Waals surface area contributed by atoms with Crippen molar-refractivity contribution in [2.24, 2.45) is 5.92 Å². The number of benzene rings is 1. The van der Waals surface area contributed by atoms with Gasteiger partial charge in [-0.05, 0) is 49.9 Å². The highest BCUT2D eigenvalue weighted by atomic mass is 79.9. The highest BCUT2D eigenvalue weighted by Gasteiger charge is 2.24.